The molecule has 0 bridgehead atoms. The van der Waals surface area contributed by atoms with Crippen LogP contribution in [0.3, 0.4) is 0 Å². The van der Waals surface area contributed by atoms with Crippen LogP contribution in [0.1, 0.15) is 21.7 Å². The number of carbonyl (C=O) groups is 1. The van der Waals surface area contributed by atoms with Gasteiger partial charge < -0.3 is 14.3 Å². The molecule has 1 heterocycles. The van der Waals surface area contributed by atoms with Crippen LogP contribution in [0.4, 0.5) is 0 Å². The number of carbonyl (C=O) groups excluding carboxylic acids is 1. The summed E-state index contributed by atoms with van der Waals surface area (Å²) in [6.07, 6.45) is 0.183. The van der Waals surface area contributed by atoms with Crippen LogP contribution in [0, 0.1) is 6.92 Å². The van der Waals surface area contributed by atoms with Gasteiger partial charge in [0, 0.05) is 23.4 Å². The number of rotatable bonds is 4. The van der Waals surface area contributed by atoms with Crippen molar-refractivity contribution >= 4 is 16.8 Å². The number of aromatic hydroxyl groups is 1. The fourth-order valence-corrected chi connectivity index (χ4v) is 2.57. The van der Waals surface area contributed by atoms with Gasteiger partial charge in [-0.1, -0.05) is 18.2 Å². The molecule has 3 rings (SSSR count). The fourth-order valence-electron chi connectivity index (χ4n) is 2.57. The maximum atomic E-state index is 12.5. The van der Waals surface area contributed by atoms with Gasteiger partial charge in [-0.3, -0.25) is 4.79 Å². The quantitative estimate of drug-likeness (QED) is 0.742. The molecule has 0 aliphatic carbocycles. The molecule has 0 fully saturated rings. The molecule has 3 aromatic rings. The Labute approximate surface area is 127 Å². The Hall–Kier alpha value is -2.75. The Bertz CT molecular complexity index is 845. The molecule has 22 heavy (non-hydrogen) atoms. The van der Waals surface area contributed by atoms with Crippen LogP contribution in [-0.4, -0.2) is 18.0 Å². The summed E-state index contributed by atoms with van der Waals surface area (Å²) >= 11 is 0. The van der Waals surface area contributed by atoms with Crippen molar-refractivity contribution in [2.45, 2.75) is 13.3 Å². The van der Waals surface area contributed by atoms with Crippen molar-refractivity contribution < 1.29 is 19.1 Å². The molecule has 1 N–H and O–H groups in total. The van der Waals surface area contributed by atoms with Gasteiger partial charge in [-0.25, -0.2) is 0 Å². The number of fused-ring (bicyclic) bond motifs is 1. The molecule has 0 aliphatic heterocycles. The third kappa shape index (κ3) is 2.44. The smallest absolute Gasteiger partial charge is 0.171 e. The average molecular weight is 296 g/mol. The third-order valence-corrected chi connectivity index (χ3v) is 3.74. The van der Waals surface area contributed by atoms with E-state index in [1.807, 2.05) is 31.2 Å². The van der Waals surface area contributed by atoms with Crippen molar-refractivity contribution in [1.29, 1.82) is 0 Å². The van der Waals surface area contributed by atoms with Crippen molar-refractivity contribution in [3.63, 3.8) is 0 Å². The largest absolute Gasteiger partial charge is 0.507 e. The van der Waals surface area contributed by atoms with Crippen molar-refractivity contribution in [1.82, 2.24) is 0 Å². The summed E-state index contributed by atoms with van der Waals surface area (Å²) in [5.74, 6) is 1.01. The molecule has 1 aromatic heterocycles. The minimum absolute atomic E-state index is 0.0743. The lowest BCUT2D eigenvalue weighted by molar-refractivity contribution is 0.0990. The lowest BCUT2D eigenvalue weighted by atomic mass is 10.00. The van der Waals surface area contributed by atoms with Crippen molar-refractivity contribution in [3.05, 3.63) is 59.4 Å². The first-order chi connectivity index (χ1) is 10.6. The normalized spacial score (nSPS) is 10.8. The SMILES string of the molecule is COc1ccc(C(=O)Cc2c(C)oc3ccccc23)c(O)c1. The van der Waals surface area contributed by atoms with Crippen LogP contribution >= 0.6 is 0 Å². The molecule has 0 atom stereocenters. The predicted octanol–water partition coefficient (Wildman–Crippen LogP) is 3.88. The average Bonchev–Trinajstić information content (AvgIpc) is 2.83. The van der Waals surface area contributed by atoms with Gasteiger partial charge in [0.2, 0.25) is 0 Å². The number of phenols is 1. The number of ketones is 1. The zero-order valence-electron chi connectivity index (χ0n) is 12.4. The van der Waals surface area contributed by atoms with E-state index in [0.29, 0.717) is 5.75 Å². The fraction of sp³-hybridized carbons (Fsp3) is 0.167. The summed E-state index contributed by atoms with van der Waals surface area (Å²) in [6.45, 7) is 1.84. The maximum absolute atomic E-state index is 12.5. The summed E-state index contributed by atoms with van der Waals surface area (Å²) in [6, 6.07) is 12.3. The Morgan fingerprint density at radius 2 is 2.00 bits per heavy atom. The summed E-state index contributed by atoms with van der Waals surface area (Å²) in [5, 5.41) is 10.9. The van der Waals surface area contributed by atoms with Gasteiger partial charge in [0.1, 0.15) is 22.8 Å². The van der Waals surface area contributed by atoms with E-state index < -0.39 is 0 Å². The molecule has 0 saturated heterocycles. The van der Waals surface area contributed by atoms with Gasteiger partial charge in [0.25, 0.3) is 0 Å². The number of furan rings is 1. The maximum Gasteiger partial charge on any atom is 0.171 e. The van der Waals surface area contributed by atoms with E-state index in [0.717, 1.165) is 22.3 Å². The molecule has 0 saturated carbocycles. The molecule has 4 nitrogen and oxygen atoms in total. The minimum atomic E-state index is -0.158. The molecule has 0 spiro atoms. The van der Waals surface area contributed by atoms with Gasteiger partial charge in [-0.2, -0.15) is 0 Å². The van der Waals surface area contributed by atoms with Crippen molar-refractivity contribution in [2.75, 3.05) is 7.11 Å². The van der Waals surface area contributed by atoms with Crippen LogP contribution in [0.25, 0.3) is 11.0 Å². The van der Waals surface area contributed by atoms with E-state index in [-0.39, 0.29) is 23.5 Å². The molecule has 0 unspecified atom stereocenters. The van der Waals surface area contributed by atoms with Crippen molar-refractivity contribution in [3.8, 4) is 11.5 Å². The second kappa shape index (κ2) is 5.56. The molecule has 0 radical (unpaired) electrons. The second-order valence-corrected chi connectivity index (χ2v) is 5.12. The molecule has 2 aromatic carbocycles. The third-order valence-electron chi connectivity index (χ3n) is 3.74. The zero-order chi connectivity index (χ0) is 15.7. The van der Waals surface area contributed by atoms with E-state index in [1.54, 1.807) is 12.1 Å². The van der Waals surface area contributed by atoms with Crippen LogP contribution in [-0.2, 0) is 6.42 Å². The summed E-state index contributed by atoms with van der Waals surface area (Å²) in [4.78, 5) is 12.5. The highest BCUT2D eigenvalue weighted by Gasteiger charge is 2.18. The minimum Gasteiger partial charge on any atom is -0.507 e. The highest BCUT2D eigenvalue weighted by Crippen LogP contribution is 2.29. The topological polar surface area (TPSA) is 59.7 Å². The second-order valence-electron chi connectivity index (χ2n) is 5.12. The lowest BCUT2D eigenvalue weighted by Gasteiger charge is -2.06. The van der Waals surface area contributed by atoms with Gasteiger partial charge >= 0.3 is 0 Å². The number of para-hydroxylation sites is 1. The number of ether oxygens (including phenoxy) is 1. The van der Waals surface area contributed by atoms with Crippen molar-refractivity contribution in [2.24, 2.45) is 0 Å². The summed E-state index contributed by atoms with van der Waals surface area (Å²) in [5.41, 5.74) is 1.91. The van der Waals surface area contributed by atoms with Gasteiger partial charge in [0.15, 0.2) is 5.78 Å². The standard InChI is InChI=1S/C18H16O4/c1-11-15(13-5-3-4-6-18(13)22-11)10-17(20)14-8-7-12(21-2)9-16(14)19/h3-9,19H,10H2,1-2H3. The van der Waals surface area contributed by atoms with E-state index in [1.165, 1.54) is 13.2 Å². The predicted molar refractivity (Wildman–Crippen MR) is 83.6 cm³/mol. The number of hydrogen-bond donors (Lipinski definition) is 1. The van der Waals surface area contributed by atoms with E-state index in [9.17, 15) is 9.90 Å². The highest BCUT2D eigenvalue weighted by molar-refractivity contribution is 6.02. The number of benzene rings is 2. The zero-order valence-corrected chi connectivity index (χ0v) is 12.4. The van der Waals surface area contributed by atoms with Gasteiger partial charge in [-0.15, -0.1) is 0 Å². The molecular weight excluding hydrogens is 280 g/mol. The number of aryl methyl sites for hydroxylation is 1. The molecular formula is C18H16O4. The van der Waals surface area contributed by atoms with Gasteiger partial charge in [0.05, 0.1) is 12.7 Å². The monoisotopic (exact) mass is 296 g/mol. The number of methoxy groups -OCH3 is 1. The number of phenolic OH excluding ortho intramolecular Hbond substituents is 1. The summed E-state index contributed by atoms with van der Waals surface area (Å²) < 4.78 is 10.7. The first-order valence-electron chi connectivity index (χ1n) is 6.97. The molecule has 0 amide bonds. The summed E-state index contributed by atoms with van der Waals surface area (Å²) in [7, 11) is 1.51. The van der Waals surface area contributed by atoms with Gasteiger partial charge in [-0.05, 0) is 25.1 Å². The lowest BCUT2D eigenvalue weighted by Crippen LogP contribution is -2.04. The van der Waals surface area contributed by atoms with Crippen LogP contribution in [0.15, 0.2) is 46.9 Å². The van der Waals surface area contributed by atoms with Crippen LogP contribution < -0.4 is 4.74 Å². The first kappa shape index (κ1) is 14.2. The van der Waals surface area contributed by atoms with E-state index >= 15 is 0 Å². The van der Waals surface area contributed by atoms with E-state index in [4.69, 9.17) is 9.15 Å². The Kier molecular flexibility index (Phi) is 3.59. The molecule has 112 valence electrons. The Balaban J connectivity index is 1.95. The molecule has 4 heteroatoms. The first-order valence-corrected chi connectivity index (χ1v) is 6.97. The Morgan fingerprint density at radius 3 is 2.73 bits per heavy atom. The van der Waals surface area contributed by atoms with Crippen LogP contribution in [0.5, 0.6) is 11.5 Å². The number of hydrogen-bond acceptors (Lipinski definition) is 4. The van der Waals surface area contributed by atoms with Crippen LogP contribution in [0.2, 0.25) is 0 Å². The Morgan fingerprint density at radius 1 is 1.23 bits per heavy atom. The molecule has 0 aliphatic rings. The van der Waals surface area contributed by atoms with E-state index in [2.05, 4.69) is 0 Å². The highest BCUT2D eigenvalue weighted by atomic mass is 16.5. The number of Topliss-reactive ketones (excluding diaryl/α,β-unsaturated/α-hetero) is 1.